The van der Waals surface area contributed by atoms with Crippen molar-refractivity contribution in [1.29, 1.82) is 0 Å². The van der Waals surface area contributed by atoms with Gasteiger partial charge in [0.1, 0.15) is 0 Å². The third kappa shape index (κ3) is 4.89. The molecule has 0 bridgehead atoms. The van der Waals surface area contributed by atoms with Crippen LogP contribution >= 0.6 is 11.6 Å². The minimum Gasteiger partial charge on any atom is -0.326 e. The number of benzene rings is 2. The summed E-state index contributed by atoms with van der Waals surface area (Å²) in [5.41, 5.74) is 2.36. The molecule has 144 valence electrons. The normalized spacial score (nSPS) is 15.5. The number of anilines is 1. The molecular weight excluding hydrogens is 384 g/mol. The Balaban J connectivity index is 1.66. The van der Waals surface area contributed by atoms with E-state index in [0.717, 1.165) is 30.4 Å². The predicted octanol–water partition coefficient (Wildman–Crippen LogP) is 4.00. The van der Waals surface area contributed by atoms with Crippen molar-refractivity contribution in [2.75, 3.05) is 18.4 Å². The lowest BCUT2D eigenvalue weighted by Crippen LogP contribution is -2.35. The number of nitrogens with one attached hydrogen (secondary N) is 1. The highest BCUT2D eigenvalue weighted by Crippen LogP contribution is 2.22. The van der Waals surface area contributed by atoms with Crippen molar-refractivity contribution in [1.82, 2.24) is 4.31 Å². The smallest absolute Gasteiger partial charge is 0.243 e. The summed E-state index contributed by atoms with van der Waals surface area (Å²) < 4.78 is 26.9. The van der Waals surface area contributed by atoms with Gasteiger partial charge in [0.2, 0.25) is 15.9 Å². The third-order valence-electron chi connectivity index (χ3n) is 4.71. The summed E-state index contributed by atoms with van der Waals surface area (Å²) in [4.78, 5) is 12.6. The Labute approximate surface area is 165 Å². The van der Waals surface area contributed by atoms with E-state index in [1.54, 1.807) is 40.7 Å². The van der Waals surface area contributed by atoms with Crippen LogP contribution in [-0.2, 0) is 21.2 Å². The number of sulfonamides is 1. The lowest BCUT2D eigenvalue weighted by Gasteiger charge is -2.25. The van der Waals surface area contributed by atoms with E-state index in [4.69, 9.17) is 11.6 Å². The number of halogens is 1. The van der Waals surface area contributed by atoms with Crippen LogP contribution in [0.4, 0.5) is 5.69 Å². The fourth-order valence-electron chi connectivity index (χ4n) is 3.14. The Hall–Kier alpha value is -1.89. The predicted molar refractivity (Wildman–Crippen MR) is 108 cm³/mol. The quantitative estimate of drug-likeness (QED) is 0.815. The van der Waals surface area contributed by atoms with Crippen LogP contribution in [0.3, 0.4) is 0 Å². The summed E-state index contributed by atoms with van der Waals surface area (Å²) in [6, 6.07) is 11.9. The van der Waals surface area contributed by atoms with Gasteiger partial charge in [-0.1, -0.05) is 36.2 Å². The Kier molecular flexibility index (Phi) is 6.19. The van der Waals surface area contributed by atoms with Crippen molar-refractivity contribution in [3.8, 4) is 0 Å². The molecule has 1 amide bonds. The molecule has 7 heteroatoms. The van der Waals surface area contributed by atoms with Gasteiger partial charge in [0, 0.05) is 23.8 Å². The highest BCUT2D eigenvalue weighted by Gasteiger charge is 2.25. The van der Waals surface area contributed by atoms with Crippen LogP contribution in [-0.4, -0.2) is 31.7 Å². The van der Waals surface area contributed by atoms with E-state index in [2.05, 4.69) is 5.32 Å². The van der Waals surface area contributed by atoms with Crippen LogP contribution < -0.4 is 5.32 Å². The number of aryl methyl sites for hydroxylation is 1. The van der Waals surface area contributed by atoms with Crippen molar-refractivity contribution >= 4 is 33.2 Å². The molecular formula is C20H23ClN2O3S. The van der Waals surface area contributed by atoms with Gasteiger partial charge in [-0.3, -0.25) is 4.79 Å². The topological polar surface area (TPSA) is 66.5 Å². The molecule has 1 aliphatic rings. The van der Waals surface area contributed by atoms with Crippen LogP contribution in [0.25, 0.3) is 0 Å². The molecule has 0 saturated carbocycles. The maximum Gasteiger partial charge on any atom is 0.243 e. The van der Waals surface area contributed by atoms with E-state index in [0.29, 0.717) is 23.8 Å². The van der Waals surface area contributed by atoms with Gasteiger partial charge >= 0.3 is 0 Å². The molecule has 0 aliphatic carbocycles. The lowest BCUT2D eigenvalue weighted by molar-refractivity contribution is -0.115. The highest BCUT2D eigenvalue weighted by atomic mass is 35.5. The lowest BCUT2D eigenvalue weighted by atomic mass is 10.1. The molecule has 0 atom stereocenters. The first-order chi connectivity index (χ1) is 12.9. The van der Waals surface area contributed by atoms with Crippen molar-refractivity contribution in [3.63, 3.8) is 0 Å². The van der Waals surface area contributed by atoms with Gasteiger partial charge in [-0.05, 0) is 55.2 Å². The number of carbonyl (C=O) groups is 1. The fourth-order valence-corrected chi connectivity index (χ4v) is 4.83. The van der Waals surface area contributed by atoms with Crippen LogP contribution in [0.15, 0.2) is 47.4 Å². The average molecular weight is 407 g/mol. The SMILES string of the molecule is Cc1ccc(Cl)cc1NC(=O)Cc1ccc(S(=O)(=O)N2CCCCC2)cc1. The third-order valence-corrected chi connectivity index (χ3v) is 6.86. The standard InChI is InChI=1S/C20H23ClN2O3S/c1-15-5-8-17(21)14-19(15)22-20(24)13-16-6-9-18(10-7-16)27(25,26)23-11-3-2-4-12-23/h5-10,14H,2-4,11-13H2,1H3,(H,22,24). The van der Waals surface area contributed by atoms with Crippen molar-refractivity contribution in [2.24, 2.45) is 0 Å². The molecule has 1 N–H and O–H groups in total. The van der Waals surface area contributed by atoms with Crippen LogP contribution in [0.2, 0.25) is 5.02 Å². The second-order valence-electron chi connectivity index (χ2n) is 6.79. The van der Waals surface area contributed by atoms with E-state index in [1.165, 1.54) is 0 Å². The molecule has 2 aromatic carbocycles. The largest absolute Gasteiger partial charge is 0.326 e. The number of rotatable bonds is 5. The van der Waals surface area contributed by atoms with Crippen LogP contribution in [0.5, 0.6) is 0 Å². The van der Waals surface area contributed by atoms with E-state index in [-0.39, 0.29) is 17.2 Å². The van der Waals surface area contributed by atoms with Crippen LogP contribution in [0, 0.1) is 6.92 Å². The molecule has 1 saturated heterocycles. The van der Waals surface area contributed by atoms with Gasteiger partial charge in [-0.25, -0.2) is 8.42 Å². The number of nitrogens with zero attached hydrogens (tertiary/aromatic N) is 1. The summed E-state index contributed by atoms with van der Waals surface area (Å²) >= 11 is 5.97. The van der Waals surface area contributed by atoms with E-state index in [9.17, 15) is 13.2 Å². The molecule has 5 nitrogen and oxygen atoms in total. The van der Waals surface area contributed by atoms with Gasteiger partial charge in [0.15, 0.2) is 0 Å². The molecule has 0 unspecified atom stereocenters. The van der Waals surface area contributed by atoms with E-state index >= 15 is 0 Å². The minimum absolute atomic E-state index is 0.163. The Morgan fingerprint density at radius 2 is 1.74 bits per heavy atom. The first kappa shape index (κ1) is 19.9. The molecule has 1 heterocycles. The second-order valence-corrected chi connectivity index (χ2v) is 9.17. The first-order valence-corrected chi connectivity index (χ1v) is 10.8. The van der Waals surface area contributed by atoms with Gasteiger partial charge < -0.3 is 5.32 Å². The second kappa shape index (κ2) is 8.42. The average Bonchev–Trinajstić information content (AvgIpc) is 2.66. The number of hydrogen-bond acceptors (Lipinski definition) is 3. The number of carbonyl (C=O) groups excluding carboxylic acids is 1. The molecule has 3 rings (SSSR count). The molecule has 1 fully saturated rings. The molecule has 2 aromatic rings. The Bertz CT molecular complexity index is 921. The van der Waals surface area contributed by atoms with Crippen molar-refractivity contribution in [3.05, 3.63) is 58.6 Å². The zero-order chi connectivity index (χ0) is 19.4. The minimum atomic E-state index is -3.45. The molecule has 0 radical (unpaired) electrons. The number of amides is 1. The summed E-state index contributed by atoms with van der Waals surface area (Å²) in [6.45, 7) is 3.04. The van der Waals surface area contributed by atoms with Crippen molar-refractivity contribution < 1.29 is 13.2 Å². The summed E-state index contributed by atoms with van der Waals surface area (Å²) in [5.74, 6) is -0.174. The maximum absolute atomic E-state index is 12.7. The summed E-state index contributed by atoms with van der Waals surface area (Å²) in [5, 5.41) is 3.40. The number of hydrogen-bond donors (Lipinski definition) is 1. The summed E-state index contributed by atoms with van der Waals surface area (Å²) in [7, 11) is -3.45. The fraction of sp³-hybridized carbons (Fsp3) is 0.350. The Morgan fingerprint density at radius 1 is 1.07 bits per heavy atom. The Morgan fingerprint density at radius 3 is 2.41 bits per heavy atom. The summed E-state index contributed by atoms with van der Waals surface area (Å²) in [6.07, 6.45) is 3.04. The zero-order valence-electron chi connectivity index (χ0n) is 15.2. The molecule has 0 spiro atoms. The van der Waals surface area contributed by atoms with Gasteiger partial charge in [-0.15, -0.1) is 0 Å². The molecule has 0 aromatic heterocycles. The van der Waals surface area contributed by atoms with Gasteiger partial charge in [0.05, 0.1) is 11.3 Å². The monoisotopic (exact) mass is 406 g/mol. The zero-order valence-corrected chi connectivity index (χ0v) is 16.8. The number of piperidine rings is 1. The van der Waals surface area contributed by atoms with E-state index < -0.39 is 10.0 Å². The molecule has 1 aliphatic heterocycles. The highest BCUT2D eigenvalue weighted by molar-refractivity contribution is 7.89. The van der Waals surface area contributed by atoms with Gasteiger partial charge in [-0.2, -0.15) is 4.31 Å². The first-order valence-electron chi connectivity index (χ1n) is 9.01. The van der Waals surface area contributed by atoms with Crippen LogP contribution in [0.1, 0.15) is 30.4 Å². The van der Waals surface area contributed by atoms with Crippen molar-refractivity contribution in [2.45, 2.75) is 37.5 Å². The van der Waals surface area contributed by atoms with E-state index in [1.807, 2.05) is 13.0 Å². The van der Waals surface area contributed by atoms with Gasteiger partial charge in [0.25, 0.3) is 0 Å². The molecule has 27 heavy (non-hydrogen) atoms. The maximum atomic E-state index is 12.7.